The molecule has 0 aromatic carbocycles. The first-order valence-electron chi connectivity index (χ1n) is 7.50. The van der Waals surface area contributed by atoms with E-state index < -0.39 is 0 Å². The highest BCUT2D eigenvalue weighted by atomic mass is 16.5. The topological polar surface area (TPSA) is 53.5 Å². The van der Waals surface area contributed by atoms with Crippen molar-refractivity contribution < 1.29 is 4.74 Å². The molecule has 1 N–H and O–H groups in total. The molecule has 1 atom stereocenters. The molecular formula is C14H23N5O. The first-order valence-corrected chi connectivity index (χ1v) is 7.50. The monoisotopic (exact) mass is 277 g/mol. The van der Waals surface area contributed by atoms with Crippen molar-refractivity contribution in [2.24, 2.45) is 0 Å². The van der Waals surface area contributed by atoms with Crippen molar-refractivity contribution in [1.29, 1.82) is 0 Å². The summed E-state index contributed by atoms with van der Waals surface area (Å²) in [5.74, 6) is 1.76. The Balaban J connectivity index is 1.62. The Kier molecular flexibility index (Phi) is 4.32. The van der Waals surface area contributed by atoms with Crippen molar-refractivity contribution in [3.63, 3.8) is 0 Å². The summed E-state index contributed by atoms with van der Waals surface area (Å²) in [6.07, 6.45) is 3.04. The van der Waals surface area contributed by atoms with E-state index in [4.69, 9.17) is 4.74 Å². The maximum absolute atomic E-state index is 5.43. The second-order valence-corrected chi connectivity index (χ2v) is 5.31. The van der Waals surface area contributed by atoms with Crippen molar-refractivity contribution in [2.45, 2.75) is 19.4 Å². The normalized spacial score (nSPS) is 24.1. The first-order chi connectivity index (χ1) is 9.86. The number of ether oxygens (including phenoxy) is 1. The molecule has 2 saturated heterocycles. The first kappa shape index (κ1) is 13.6. The number of anilines is 2. The van der Waals surface area contributed by atoms with Crippen LogP contribution in [0.2, 0.25) is 0 Å². The lowest BCUT2D eigenvalue weighted by Crippen LogP contribution is -2.44. The molecule has 1 unspecified atom stereocenters. The fourth-order valence-corrected chi connectivity index (χ4v) is 2.96. The maximum atomic E-state index is 5.43. The van der Waals surface area contributed by atoms with Crippen LogP contribution in [0.3, 0.4) is 0 Å². The van der Waals surface area contributed by atoms with Crippen LogP contribution >= 0.6 is 0 Å². The van der Waals surface area contributed by atoms with Crippen molar-refractivity contribution >= 4 is 11.8 Å². The summed E-state index contributed by atoms with van der Waals surface area (Å²) in [6.45, 7) is 8.90. The van der Waals surface area contributed by atoms with Crippen molar-refractivity contribution in [3.05, 3.63) is 12.3 Å². The molecule has 2 aliphatic heterocycles. The van der Waals surface area contributed by atoms with Gasteiger partial charge in [0.25, 0.3) is 0 Å². The van der Waals surface area contributed by atoms with Gasteiger partial charge in [-0.05, 0) is 19.4 Å². The quantitative estimate of drug-likeness (QED) is 0.879. The minimum absolute atomic E-state index is 0.636. The molecule has 0 spiro atoms. The van der Waals surface area contributed by atoms with Crippen LogP contribution in [-0.4, -0.2) is 66.8 Å². The van der Waals surface area contributed by atoms with E-state index in [1.165, 1.54) is 6.42 Å². The lowest BCUT2D eigenvalue weighted by molar-refractivity contribution is 0.0209. The Bertz CT molecular complexity index is 435. The number of aromatic nitrogens is 2. The summed E-state index contributed by atoms with van der Waals surface area (Å²) in [6, 6.07) is 2.64. The summed E-state index contributed by atoms with van der Waals surface area (Å²) in [5.41, 5.74) is 0. The number of hydrogen-bond donors (Lipinski definition) is 1. The Morgan fingerprint density at radius 3 is 3.00 bits per heavy atom. The molecule has 6 heteroatoms. The van der Waals surface area contributed by atoms with Crippen LogP contribution in [0.25, 0.3) is 0 Å². The highest BCUT2D eigenvalue weighted by molar-refractivity contribution is 5.43. The van der Waals surface area contributed by atoms with E-state index in [9.17, 15) is 0 Å². The average Bonchev–Trinajstić information content (AvgIpc) is 2.99. The van der Waals surface area contributed by atoms with Gasteiger partial charge >= 0.3 is 0 Å². The maximum Gasteiger partial charge on any atom is 0.224 e. The second kappa shape index (κ2) is 6.37. The minimum Gasteiger partial charge on any atom is -0.379 e. The van der Waals surface area contributed by atoms with E-state index in [1.807, 2.05) is 12.3 Å². The molecule has 1 aromatic heterocycles. The van der Waals surface area contributed by atoms with E-state index in [1.54, 1.807) is 0 Å². The third kappa shape index (κ3) is 3.02. The molecule has 3 heterocycles. The predicted molar refractivity (Wildman–Crippen MR) is 79.2 cm³/mol. The van der Waals surface area contributed by atoms with Gasteiger partial charge < -0.3 is 15.0 Å². The third-order valence-electron chi connectivity index (χ3n) is 4.03. The molecule has 0 radical (unpaired) electrons. The summed E-state index contributed by atoms with van der Waals surface area (Å²) in [7, 11) is 0. The molecule has 110 valence electrons. The minimum atomic E-state index is 0.636. The van der Waals surface area contributed by atoms with Crippen LogP contribution < -0.4 is 10.2 Å². The van der Waals surface area contributed by atoms with Gasteiger partial charge in [-0.25, -0.2) is 4.98 Å². The summed E-state index contributed by atoms with van der Waals surface area (Å²) in [5, 5.41) is 3.17. The number of nitrogens with one attached hydrogen (secondary N) is 1. The lowest BCUT2D eigenvalue weighted by Gasteiger charge is -2.32. The molecule has 0 aliphatic carbocycles. The zero-order valence-corrected chi connectivity index (χ0v) is 12.1. The molecule has 0 saturated carbocycles. The van der Waals surface area contributed by atoms with E-state index >= 15 is 0 Å². The molecule has 20 heavy (non-hydrogen) atoms. The molecule has 2 fully saturated rings. The lowest BCUT2D eigenvalue weighted by atomic mass is 10.2. The highest BCUT2D eigenvalue weighted by Gasteiger charge is 2.29. The predicted octanol–water partition coefficient (Wildman–Crippen LogP) is 0.819. The second-order valence-electron chi connectivity index (χ2n) is 5.31. The van der Waals surface area contributed by atoms with Crippen LogP contribution in [-0.2, 0) is 4.74 Å². The fourth-order valence-electron chi connectivity index (χ4n) is 2.96. The van der Waals surface area contributed by atoms with Crippen molar-refractivity contribution in [1.82, 2.24) is 14.9 Å². The molecule has 0 bridgehead atoms. The Morgan fingerprint density at radius 2 is 2.20 bits per heavy atom. The molecule has 6 nitrogen and oxygen atoms in total. The summed E-state index contributed by atoms with van der Waals surface area (Å²) in [4.78, 5) is 13.7. The van der Waals surface area contributed by atoms with Gasteiger partial charge in [0, 0.05) is 45.0 Å². The van der Waals surface area contributed by atoms with Gasteiger partial charge in [0.05, 0.1) is 13.2 Å². The largest absolute Gasteiger partial charge is 0.379 e. The Morgan fingerprint density at radius 1 is 1.35 bits per heavy atom. The molecule has 3 rings (SSSR count). The van der Waals surface area contributed by atoms with Crippen LogP contribution in [0, 0.1) is 0 Å². The van der Waals surface area contributed by atoms with Gasteiger partial charge in [0.1, 0.15) is 5.82 Å². The van der Waals surface area contributed by atoms with Crippen LogP contribution in [0.15, 0.2) is 12.3 Å². The number of nitrogens with zero attached hydrogens (tertiary/aromatic N) is 4. The zero-order chi connectivity index (χ0) is 13.8. The van der Waals surface area contributed by atoms with E-state index in [2.05, 4.69) is 32.0 Å². The standard InChI is InChI=1S/C14H23N5O/c1-2-15-14-16-5-3-13(17-14)19-6-4-12(11-19)18-7-9-20-10-8-18/h3,5,12H,2,4,6-11H2,1H3,(H,15,16,17). The third-order valence-corrected chi connectivity index (χ3v) is 4.03. The molecule has 1 aromatic rings. The number of rotatable bonds is 4. The van der Waals surface area contributed by atoms with Gasteiger partial charge in [0.2, 0.25) is 5.95 Å². The van der Waals surface area contributed by atoms with Crippen LogP contribution in [0.4, 0.5) is 11.8 Å². The molecule has 2 aliphatic rings. The molecule has 0 amide bonds. The van der Waals surface area contributed by atoms with Crippen molar-refractivity contribution in [2.75, 3.05) is 56.2 Å². The zero-order valence-electron chi connectivity index (χ0n) is 12.1. The average molecular weight is 277 g/mol. The van der Waals surface area contributed by atoms with E-state index in [0.29, 0.717) is 6.04 Å². The highest BCUT2D eigenvalue weighted by Crippen LogP contribution is 2.22. The smallest absolute Gasteiger partial charge is 0.224 e. The Labute approximate surface area is 120 Å². The number of hydrogen-bond acceptors (Lipinski definition) is 6. The van der Waals surface area contributed by atoms with Gasteiger partial charge in [0.15, 0.2) is 0 Å². The number of morpholine rings is 1. The van der Waals surface area contributed by atoms with Gasteiger partial charge in [-0.15, -0.1) is 0 Å². The van der Waals surface area contributed by atoms with Gasteiger partial charge in [-0.2, -0.15) is 4.98 Å². The summed E-state index contributed by atoms with van der Waals surface area (Å²) >= 11 is 0. The van der Waals surface area contributed by atoms with Crippen LogP contribution in [0.5, 0.6) is 0 Å². The van der Waals surface area contributed by atoms with E-state index in [0.717, 1.165) is 57.7 Å². The van der Waals surface area contributed by atoms with E-state index in [-0.39, 0.29) is 0 Å². The Hall–Kier alpha value is -1.40. The molecular weight excluding hydrogens is 254 g/mol. The van der Waals surface area contributed by atoms with Gasteiger partial charge in [-0.1, -0.05) is 0 Å². The SMILES string of the molecule is CCNc1nccc(N2CCC(N3CCOCC3)C2)n1. The van der Waals surface area contributed by atoms with Gasteiger partial charge in [-0.3, -0.25) is 4.90 Å². The summed E-state index contributed by atoms with van der Waals surface area (Å²) < 4.78 is 5.43. The fraction of sp³-hybridized carbons (Fsp3) is 0.714. The van der Waals surface area contributed by atoms with Crippen molar-refractivity contribution in [3.8, 4) is 0 Å². The van der Waals surface area contributed by atoms with Crippen LogP contribution in [0.1, 0.15) is 13.3 Å².